The summed E-state index contributed by atoms with van der Waals surface area (Å²) in [5.74, 6) is -0.423. The number of nitrogens with two attached hydrogens (primary N) is 1. The lowest BCUT2D eigenvalue weighted by atomic mass is 10.1. The van der Waals surface area contributed by atoms with Crippen LogP contribution in [0.15, 0.2) is 40.9 Å². The molecule has 0 unspecified atom stereocenters. The zero-order chi connectivity index (χ0) is 14.8. The molecule has 0 aromatic heterocycles. The molecular weight excluding hydrogens is 330 g/mol. The standard InChI is InChI=1S/C16H16BrN3O/c17-14-6-11(16(18)21)3-4-15(14)20-7-10-1-2-12-8-19-9-13(12)5-10/h1-6,19-20H,7-9H2,(H2,18,21). The Morgan fingerprint density at radius 1 is 1.19 bits per heavy atom. The molecular formula is C16H16BrN3O. The first-order chi connectivity index (χ1) is 10.1. The minimum atomic E-state index is -0.423. The Labute approximate surface area is 131 Å². The second-order valence-corrected chi connectivity index (χ2v) is 5.97. The van der Waals surface area contributed by atoms with Crippen molar-refractivity contribution in [2.75, 3.05) is 5.32 Å². The van der Waals surface area contributed by atoms with E-state index in [4.69, 9.17) is 5.73 Å². The summed E-state index contributed by atoms with van der Waals surface area (Å²) in [5.41, 5.74) is 10.7. The lowest BCUT2D eigenvalue weighted by Gasteiger charge is -2.10. The van der Waals surface area contributed by atoms with Gasteiger partial charge in [0.1, 0.15) is 0 Å². The van der Waals surface area contributed by atoms with Crippen LogP contribution in [-0.4, -0.2) is 5.91 Å². The summed E-state index contributed by atoms with van der Waals surface area (Å²) in [5, 5.41) is 6.71. The molecule has 5 heteroatoms. The number of primary amides is 1. The van der Waals surface area contributed by atoms with Crippen molar-refractivity contribution in [2.45, 2.75) is 19.6 Å². The first kappa shape index (κ1) is 14.1. The number of rotatable bonds is 4. The molecule has 1 heterocycles. The molecule has 0 fully saturated rings. The van der Waals surface area contributed by atoms with Crippen LogP contribution < -0.4 is 16.4 Å². The van der Waals surface area contributed by atoms with Gasteiger partial charge in [0.15, 0.2) is 0 Å². The van der Waals surface area contributed by atoms with Gasteiger partial charge >= 0.3 is 0 Å². The number of hydrogen-bond acceptors (Lipinski definition) is 3. The minimum absolute atomic E-state index is 0.423. The molecule has 0 saturated heterocycles. The fourth-order valence-electron chi connectivity index (χ4n) is 2.47. The van der Waals surface area contributed by atoms with Gasteiger partial charge in [-0.3, -0.25) is 4.79 Å². The molecule has 0 bridgehead atoms. The Balaban J connectivity index is 1.71. The maximum Gasteiger partial charge on any atom is 0.248 e. The number of benzene rings is 2. The summed E-state index contributed by atoms with van der Waals surface area (Å²) in [4.78, 5) is 11.1. The summed E-state index contributed by atoms with van der Waals surface area (Å²) in [6.45, 7) is 2.64. The molecule has 4 nitrogen and oxygen atoms in total. The Morgan fingerprint density at radius 3 is 2.76 bits per heavy atom. The quantitative estimate of drug-likeness (QED) is 0.798. The number of nitrogens with one attached hydrogen (secondary N) is 2. The highest BCUT2D eigenvalue weighted by Gasteiger charge is 2.10. The monoisotopic (exact) mass is 345 g/mol. The van der Waals surface area contributed by atoms with Gasteiger partial charge < -0.3 is 16.4 Å². The van der Waals surface area contributed by atoms with Crippen molar-refractivity contribution in [3.63, 3.8) is 0 Å². The molecule has 2 aromatic rings. The van der Waals surface area contributed by atoms with E-state index < -0.39 is 5.91 Å². The second-order valence-electron chi connectivity index (χ2n) is 5.12. The van der Waals surface area contributed by atoms with E-state index in [9.17, 15) is 4.79 Å². The zero-order valence-corrected chi connectivity index (χ0v) is 13.0. The van der Waals surface area contributed by atoms with E-state index in [1.54, 1.807) is 12.1 Å². The van der Waals surface area contributed by atoms with Gasteiger partial charge in [-0.2, -0.15) is 0 Å². The summed E-state index contributed by atoms with van der Waals surface area (Å²) >= 11 is 3.46. The van der Waals surface area contributed by atoms with Gasteiger partial charge in [0.25, 0.3) is 0 Å². The Hall–Kier alpha value is -1.85. The largest absolute Gasteiger partial charge is 0.380 e. The summed E-state index contributed by atoms with van der Waals surface area (Å²) in [7, 11) is 0. The third kappa shape index (κ3) is 3.09. The van der Waals surface area contributed by atoms with E-state index in [0.717, 1.165) is 29.8 Å². The van der Waals surface area contributed by atoms with Crippen LogP contribution >= 0.6 is 15.9 Å². The van der Waals surface area contributed by atoms with Gasteiger partial charge in [-0.05, 0) is 50.8 Å². The van der Waals surface area contributed by atoms with Crippen molar-refractivity contribution in [3.05, 3.63) is 63.1 Å². The third-order valence-electron chi connectivity index (χ3n) is 3.64. The number of carbonyl (C=O) groups excluding carboxylic acids is 1. The number of halogens is 1. The average Bonchev–Trinajstić information content (AvgIpc) is 2.93. The van der Waals surface area contributed by atoms with Crippen LogP contribution in [0.5, 0.6) is 0 Å². The Morgan fingerprint density at radius 2 is 2.00 bits per heavy atom. The van der Waals surface area contributed by atoms with Crippen LogP contribution in [-0.2, 0) is 19.6 Å². The molecule has 1 aliphatic rings. The van der Waals surface area contributed by atoms with Crippen molar-refractivity contribution in [1.29, 1.82) is 0 Å². The normalized spacial score (nSPS) is 13.0. The van der Waals surface area contributed by atoms with Crippen LogP contribution in [0.4, 0.5) is 5.69 Å². The van der Waals surface area contributed by atoms with Crippen molar-refractivity contribution >= 4 is 27.5 Å². The average molecular weight is 346 g/mol. The lowest BCUT2D eigenvalue weighted by Crippen LogP contribution is -2.11. The van der Waals surface area contributed by atoms with Crippen molar-refractivity contribution in [1.82, 2.24) is 5.32 Å². The van der Waals surface area contributed by atoms with Crippen molar-refractivity contribution in [2.24, 2.45) is 5.73 Å². The van der Waals surface area contributed by atoms with Crippen LogP contribution in [0.3, 0.4) is 0 Å². The van der Waals surface area contributed by atoms with Crippen molar-refractivity contribution < 1.29 is 4.79 Å². The van der Waals surface area contributed by atoms with Gasteiger partial charge in [-0.15, -0.1) is 0 Å². The molecule has 108 valence electrons. The Kier molecular flexibility index (Phi) is 3.94. The van der Waals surface area contributed by atoms with Gasteiger partial charge in [0, 0.05) is 35.4 Å². The number of fused-ring (bicyclic) bond motifs is 1. The third-order valence-corrected chi connectivity index (χ3v) is 4.29. The van der Waals surface area contributed by atoms with E-state index in [0.29, 0.717) is 5.56 Å². The number of anilines is 1. The van der Waals surface area contributed by atoms with Gasteiger partial charge in [0.2, 0.25) is 5.91 Å². The molecule has 0 aliphatic carbocycles. The molecule has 2 aromatic carbocycles. The first-order valence-corrected chi connectivity index (χ1v) is 7.57. The van der Waals surface area contributed by atoms with Gasteiger partial charge in [-0.1, -0.05) is 18.2 Å². The first-order valence-electron chi connectivity index (χ1n) is 6.78. The highest BCUT2D eigenvalue weighted by molar-refractivity contribution is 9.10. The summed E-state index contributed by atoms with van der Waals surface area (Å²) in [6.07, 6.45) is 0. The fraction of sp³-hybridized carbons (Fsp3) is 0.188. The van der Waals surface area contributed by atoms with E-state index in [2.05, 4.69) is 44.8 Å². The predicted octanol–water partition coefficient (Wildman–Crippen LogP) is 2.76. The Bertz CT molecular complexity index is 700. The van der Waals surface area contributed by atoms with Crippen LogP contribution in [0.25, 0.3) is 0 Å². The molecule has 0 radical (unpaired) electrons. The molecule has 0 spiro atoms. The SMILES string of the molecule is NC(=O)c1ccc(NCc2ccc3c(c2)CNC3)c(Br)c1. The van der Waals surface area contributed by atoms with E-state index in [1.165, 1.54) is 16.7 Å². The molecule has 1 amide bonds. The van der Waals surface area contributed by atoms with E-state index in [-0.39, 0.29) is 0 Å². The van der Waals surface area contributed by atoms with Crippen LogP contribution in [0, 0.1) is 0 Å². The van der Waals surface area contributed by atoms with Crippen molar-refractivity contribution in [3.8, 4) is 0 Å². The smallest absolute Gasteiger partial charge is 0.248 e. The number of carbonyl (C=O) groups is 1. The molecule has 1 aliphatic heterocycles. The molecule has 0 atom stereocenters. The molecule has 0 saturated carbocycles. The molecule has 3 rings (SSSR count). The topological polar surface area (TPSA) is 67.2 Å². The molecule has 21 heavy (non-hydrogen) atoms. The lowest BCUT2D eigenvalue weighted by molar-refractivity contribution is 0.100. The summed E-state index contributed by atoms with van der Waals surface area (Å²) < 4.78 is 0.835. The predicted molar refractivity (Wildman–Crippen MR) is 87.0 cm³/mol. The number of hydrogen-bond donors (Lipinski definition) is 3. The van der Waals surface area contributed by atoms with Gasteiger partial charge in [-0.25, -0.2) is 0 Å². The fourth-order valence-corrected chi connectivity index (χ4v) is 2.99. The molecule has 4 N–H and O–H groups in total. The minimum Gasteiger partial charge on any atom is -0.380 e. The second kappa shape index (κ2) is 5.87. The van der Waals surface area contributed by atoms with E-state index >= 15 is 0 Å². The number of amides is 1. The maximum absolute atomic E-state index is 11.1. The zero-order valence-electron chi connectivity index (χ0n) is 11.4. The van der Waals surface area contributed by atoms with Gasteiger partial charge in [0.05, 0.1) is 0 Å². The highest BCUT2D eigenvalue weighted by atomic mass is 79.9. The summed E-state index contributed by atoms with van der Waals surface area (Å²) in [6, 6.07) is 11.9. The van der Waals surface area contributed by atoms with Crippen LogP contribution in [0.2, 0.25) is 0 Å². The maximum atomic E-state index is 11.1. The highest BCUT2D eigenvalue weighted by Crippen LogP contribution is 2.25. The van der Waals surface area contributed by atoms with E-state index in [1.807, 2.05) is 6.07 Å². The van der Waals surface area contributed by atoms with Crippen LogP contribution in [0.1, 0.15) is 27.0 Å².